The van der Waals surface area contributed by atoms with Crippen molar-refractivity contribution in [3.63, 3.8) is 0 Å². The molecule has 2 aromatic heterocycles. The minimum atomic E-state index is -0.537. The Bertz CT molecular complexity index is 1410. The van der Waals surface area contributed by atoms with E-state index in [0.717, 1.165) is 40.9 Å². The van der Waals surface area contributed by atoms with Crippen molar-refractivity contribution in [3.05, 3.63) is 64.1 Å². The topological polar surface area (TPSA) is 128 Å². The predicted octanol–water partition coefficient (Wildman–Crippen LogP) is 4.34. The molecule has 1 saturated heterocycles. The molecule has 0 spiro atoms. The number of nitrogens with one attached hydrogen (secondary N) is 4. The molecule has 0 radical (unpaired) electrons. The number of likely N-dealkylation sites (tertiary alicyclic amines) is 1. The number of nitrogens with zero attached hydrogens (tertiary/aromatic N) is 3. The number of hydrogen-bond donors (Lipinski definition) is 4. The molecule has 0 atom stereocenters. The summed E-state index contributed by atoms with van der Waals surface area (Å²) in [6.45, 7) is 5.67. The van der Waals surface area contributed by atoms with Gasteiger partial charge in [0, 0.05) is 22.8 Å². The quantitative estimate of drug-likeness (QED) is 0.258. The highest BCUT2D eigenvalue weighted by Crippen LogP contribution is 2.23. The number of hydrogen-bond acceptors (Lipinski definition) is 6. The van der Waals surface area contributed by atoms with Crippen LogP contribution in [0.5, 0.6) is 5.75 Å². The Balaban J connectivity index is 1.24. The Morgan fingerprint density at radius 3 is 2.78 bits per heavy atom. The number of anilines is 2. The van der Waals surface area contributed by atoms with Gasteiger partial charge in [0.25, 0.3) is 11.8 Å². The molecule has 3 heterocycles. The van der Waals surface area contributed by atoms with Gasteiger partial charge in [0.2, 0.25) is 5.95 Å². The van der Waals surface area contributed by atoms with Crippen LogP contribution in [0.4, 0.5) is 11.6 Å². The molecular formula is C25H26BrN7O3. The van der Waals surface area contributed by atoms with Crippen LogP contribution >= 0.6 is 15.9 Å². The second-order valence-corrected chi connectivity index (χ2v) is 9.57. The number of fused-ring (bicyclic) bond motifs is 1. The minimum absolute atomic E-state index is 0.0170. The van der Waals surface area contributed by atoms with Crippen LogP contribution in [0.15, 0.2) is 47.2 Å². The highest BCUT2D eigenvalue weighted by atomic mass is 79.9. The van der Waals surface area contributed by atoms with Crippen LogP contribution in [0.25, 0.3) is 11.0 Å². The first-order valence-electron chi connectivity index (χ1n) is 11.7. The van der Waals surface area contributed by atoms with Crippen molar-refractivity contribution in [2.24, 2.45) is 0 Å². The number of ether oxygens (including phenoxy) is 1. The number of H-pyrrole nitrogens is 2. The molecule has 1 fully saturated rings. The van der Waals surface area contributed by atoms with Crippen molar-refractivity contribution in [2.45, 2.75) is 19.8 Å². The van der Waals surface area contributed by atoms with E-state index in [-0.39, 0.29) is 17.3 Å². The normalized spacial score (nSPS) is 13.7. The van der Waals surface area contributed by atoms with E-state index >= 15 is 0 Å². The summed E-state index contributed by atoms with van der Waals surface area (Å²) in [5, 5.41) is 5.50. The summed E-state index contributed by atoms with van der Waals surface area (Å²) in [6, 6.07) is 11.1. The second kappa shape index (κ2) is 10.5. The maximum Gasteiger partial charge on any atom is 0.276 e. The Hall–Kier alpha value is -3.70. The molecule has 2 amide bonds. The maximum atomic E-state index is 12.9. The van der Waals surface area contributed by atoms with Crippen molar-refractivity contribution in [1.82, 2.24) is 24.8 Å². The molecule has 0 saturated carbocycles. The van der Waals surface area contributed by atoms with Gasteiger partial charge in [-0.2, -0.15) is 0 Å². The molecule has 1 aliphatic rings. The van der Waals surface area contributed by atoms with Gasteiger partial charge in [0.1, 0.15) is 18.1 Å². The van der Waals surface area contributed by atoms with E-state index in [0.29, 0.717) is 17.8 Å². The van der Waals surface area contributed by atoms with Gasteiger partial charge < -0.3 is 20.0 Å². The molecule has 4 aromatic rings. The van der Waals surface area contributed by atoms with Crippen LogP contribution in [0.3, 0.4) is 0 Å². The highest BCUT2D eigenvalue weighted by Gasteiger charge is 2.22. The summed E-state index contributed by atoms with van der Waals surface area (Å²) < 4.78 is 6.72. The SMILES string of the molecule is Cc1ccc(Br)cc1NC(=O)c1nc[nH]c1C(=O)Nc1nc2ccc(OCCN3CCCC3)cc2[nH]1. The molecule has 36 heavy (non-hydrogen) atoms. The van der Waals surface area contributed by atoms with Gasteiger partial charge in [-0.15, -0.1) is 0 Å². The summed E-state index contributed by atoms with van der Waals surface area (Å²) in [5.74, 6) is -0.0423. The molecular weight excluding hydrogens is 526 g/mol. The first kappa shape index (κ1) is 24.0. The van der Waals surface area contributed by atoms with Gasteiger partial charge in [-0.3, -0.25) is 19.8 Å². The third-order valence-corrected chi connectivity index (χ3v) is 6.58. The van der Waals surface area contributed by atoms with Gasteiger partial charge >= 0.3 is 0 Å². The summed E-state index contributed by atoms with van der Waals surface area (Å²) in [7, 11) is 0. The average Bonchev–Trinajstić information content (AvgIpc) is 3.61. The maximum absolute atomic E-state index is 12.9. The third kappa shape index (κ3) is 5.42. The smallest absolute Gasteiger partial charge is 0.276 e. The number of aryl methyl sites for hydroxylation is 1. The fourth-order valence-electron chi connectivity index (χ4n) is 4.16. The minimum Gasteiger partial charge on any atom is -0.492 e. The number of aromatic amines is 2. The Morgan fingerprint density at radius 2 is 1.94 bits per heavy atom. The van der Waals surface area contributed by atoms with E-state index < -0.39 is 11.8 Å². The first-order valence-corrected chi connectivity index (χ1v) is 12.5. The third-order valence-electron chi connectivity index (χ3n) is 6.09. The molecule has 0 unspecified atom stereocenters. The summed E-state index contributed by atoms with van der Waals surface area (Å²) >= 11 is 3.40. The zero-order valence-corrected chi connectivity index (χ0v) is 21.3. The van der Waals surface area contributed by atoms with E-state index in [1.165, 1.54) is 19.2 Å². The van der Waals surface area contributed by atoms with Crippen LogP contribution in [0.1, 0.15) is 39.4 Å². The standard InChI is InChI=1S/C25H26BrN7O3/c1-15-4-5-16(26)12-19(15)29-23(34)21-22(28-14-27-21)24(35)32-25-30-18-7-6-17(13-20(18)31-25)36-11-10-33-8-2-3-9-33/h4-7,12-14H,2-3,8-11H2,1H3,(H,27,28)(H,29,34)(H2,30,31,32,35). The zero-order valence-electron chi connectivity index (χ0n) is 19.7. The Kier molecular flexibility index (Phi) is 7.01. The molecule has 2 aromatic carbocycles. The van der Waals surface area contributed by atoms with Gasteiger partial charge in [-0.25, -0.2) is 9.97 Å². The van der Waals surface area contributed by atoms with E-state index in [2.05, 4.69) is 51.4 Å². The second-order valence-electron chi connectivity index (χ2n) is 8.66. The van der Waals surface area contributed by atoms with Crippen molar-refractivity contribution < 1.29 is 14.3 Å². The van der Waals surface area contributed by atoms with Crippen molar-refractivity contribution >= 4 is 50.4 Å². The number of carbonyl (C=O) groups excluding carboxylic acids is 2. The van der Waals surface area contributed by atoms with Crippen molar-refractivity contribution in [3.8, 4) is 5.75 Å². The molecule has 5 rings (SSSR count). The number of halogens is 1. The molecule has 1 aliphatic heterocycles. The molecule has 0 aliphatic carbocycles. The van der Waals surface area contributed by atoms with Crippen molar-refractivity contribution in [2.75, 3.05) is 36.9 Å². The van der Waals surface area contributed by atoms with E-state index in [1.807, 2.05) is 37.3 Å². The predicted molar refractivity (Wildman–Crippen MR) is 141 cm³/mol. The van der Waals surface area contributed by atoms with Gasteiger partial charge in [-0.05, 0) is 62.7 Å². The Morgan fingerprint density at radius 1 is 1.11 bits per heavy atom. The lowest BCUT2D eigenvalue weighted by molar-refractivity contribution is 0.0985. The lowest BCUT2D eigenvalue weighted by atomic mass is 10.2. The zero-order chi connectivity index (χ0) is 25.1. The Labute approximate surface area is 216 Å². The monoisotopic (exact) mass is 551 g/mol. The molecule has 0 bridgehead atoms. The molecule has 10 nitrogen and oxygen atoms in total. The molecule has 186 valence electrons. The lowest BCUT2D eigenvalue weighted by Gasteiger charge is -2.14. The number of benzene rings is 2. The van der Waals surface area contributed by atoms with Gasteiger partial charge in [-0.1, -0.05) is 22.0 Å². The molecule has 4 N–H and O–H groups in total. The number of aromatic nitrogens is 4. The first-order chi connectivity index (χ1) is 17.5. The lowest BCUT2D eigenvalue weighted by Crippen LogP contribution is -2.25. The highest BCUT2D eigenvalue weighted by molar-refractivity contribution is 9.10. The van der Waals surface area contributed by atoms with Crippen LogP contribution in [-0.4, -0.2) is 62.9 Å². The summed E-state index contributed by atoms with van der Waals surface area (Å²) in [4.78, 5) is 42.5. The number of amides is 2. The van der Waals surface area contributed by atoms with Crippen LogP contribution in [0.2, 0.25) is 0 Å². The molecule has 11 heteroatoms. The van der Waals surface area contributed by atoms with Crippen molar-refractivity contribution in [1.29, 1.82) is 0 Å². The number of rotatable bonds is 8. The summed E-state index contributed by atoms with van der Waals surface area (Å²) in [6.07, 6.45) is 3.82. The van der Waals surface area contributed by atoms with Crippen LogP contribution in [0, 0.1) is 6.92 Å². The van der Waals surface area contributed by atoms with E-state index in [4.69, 9.17) is 4.74 Å². The fraction of sp³-hybridized carbons (Fsp3) is 0.280. The number of carbonyl (C=O) groups is 2. The van der Waals surface area contributed by atoms with E-state index in [1.54, 1.807) is 6.07 Å². The average molecular weight is 552 g/mol. The van der Waals surface area contributed by atoms with Gasteiger partial charge in [0.05, 0.1) is 17.4 Å². The fourth-order valence-corrected chi connectivity index (χ4v) is 4.52. The largest absolute Gasteiger partial charge is 0.492 e. The van der Waals surface area contributed by atoms with E-state index in [9.17, 15) is 9.59 Å². The number of imidazole rings is 2. The van der Waals surface area contributed by atoms with Crippen LogP contribution in [-0.2, 0) is 0 Å². The van der Waals surface area contributed by atoms with Crippen LogP contribution < -0.4 is 15.4 Å². The summed E-state index contributed by atoms with van der Waals surface area (Å²) in [5.41, 5.74) is 2.94. The van der Waals surface area contributed by atoms with Gasteiger partial charge in [0.15, 0.2) is 5.69 Å².